The summed E-state index contributed by atoms with van der Waals surface area (Å²) in [7, 11) is 0. The van der Waals surface area contributed by atoms with Crippen LogP contribution in [0.4, 0.5) is 5.95 Å². The number of hydrogen-bond acceptors (Lipinski definition) is 2. The quantitative estimate of drug-likeness (QED) is 0.713. The van der Waals surface area contributed by atoms with Gasteiger partial charge in [0.15, 0.2) is 5.95 Å². The highest BCUT2D eigenvalue weighted by molar-refractivity contribution is 5.28. The highest BCUT2D eigenvalue weighted by Gasteiger charge is 1.98. The second kappa shape index (κ2) is 5.07. The lowest BCUT2D eigenvalue weighted by molar-refractivity contribution is 1.11. The Balaban J connectivity index is 2.66. The van der Waals surface area contributed by atoms with E-state index in [4.69, 9.17) is 5.73 Å². The molecule has 0 unspecified atom stereocenters. The van der Waals surface area contributed by atoms with E-state index in [0.717, 1.165) is 12.1 Å². The van der Waals surface area contributed by atoms with Crippen molar-refractivity contribution >= 4 is 5.95 Å². The molecule has 1 heterocycles. The summed E-state index contributed by atoms with van der Waals surface area (Å²) >= 11 is 0. The molecule has 0 radical (unpaired) electrons. The van der Waals surface area contributed by atoms with Gasteiger partial charge >= 0.3 is 0 Å². The molecule has 3 N–H and O–H groups in total. The summed E-state index contributed by atoms with van der Waals surface area (Å²) in [5, 5.41) is 0. The minimum Gasteiger partial charge on any atom is -0.369 e. The molecule has 3 heteroatoms. The van der Waals surface area contributed by atoms with Gasteiger partial charge in [0, 0.05) is 12.1 Å². The average Bonchev–Trinajstić information content (AvgIpc) is 2.58. The van der Waals surface area contributed by atoms with Gasteiger partial charge < -0.3 is 10.7 Å². The van der Waals surface area contributed by atoms with E-state index in [1.165, 1.54) is 5.57 Å². The van der Waals surface area contributed by atoms with E-state index in [1.807, 2.05) is 19.1 Å². The van der Waals surface area contributed by atoms with Crippen molar-refractivity contribution in [3.05, 3.63) is 48.3 Å². The lowest BCUT2D eigenvalue weighted by Gasteiger charge is -1.97. The van der Waals surface area contributed by atoms with Crippen LogP contribution in [0.25, 0.3) is 0 Å². The Bertz CT molecular complexity index is 358. The van der Waals surface area contributed by atoms with Crippen LogP contribution in [0.5, 0.6) is 0 Å². The normalized spacial score (nSPS) is 12.2. The molecule has 1 aromatic heterocycles. The topological polar surface area (TPSA) is 54.7 Å². The number of nitrogens with two attached hydrogens (primary N) is 1. The zero-order valence-corrected chi connectivity index (χ0v) is 8.33. The van der Waals surface area contributed by atoms with Crippen molar-refractivity contribution in [2.75, 3.05) is 5.73 Å². The minimum absolute atomic E-state index is 0.461. The predicted molar refractivity (Wildman–Crippen MR) is 59.8 cm³/mol. The molecule has 0 bridgehead atoms. The lowest BCUT2D eigenvalue weighted by Crippen LogP contribution is -1.90. The first-order chi connectivity index (χ1) is 6.76. The van der Waals surface area contributed by atoms with Crippen LogP contribution in [-0.4, -0.2) is 9.97 Å². The molecule has 0 aliphatic carbocycles. The third kappa shape index (κ3) is 2.94. The van der Waals surface area contributed by atoms with Gasteiger partial charge in [-0.05, 0) is 12.5 Å². The van der Waals surface area contributed by atoms with Crippen LogP contribution in [0.2, 0.25) is 0 Å². The number of rotatable bonds is 4. The Kier molecular flexibility index (Phi) is 3.73. The van der Waals surface area contributed by atoms with Gasteiger partial charge in [-0.1, -0.05) is 30.9 Å². The Morgan fingerprint density at radius 2 is 2.50 bits per heavy atom. The molecule has 3 nitrogen and oxygen atoms in total. The van der Waals surface area contributed by atoms with Crippen LogP contribution in [0.1, 0.15) is 12.6 Å². The smallest absolute Gasteiger partial charge is 0.197 e. The zero-order chi connectivity index (χ0) is 10.4. The number of hydrogen-bond donors (Lipinski definition) is 2. The van der Waals surface area contributed by atoms with Crippen LogP contribution in [0, 0.1) is 0 Å². The van der Waals surface area contributed by atoms with Crippen LogP contribution in [-0.2, 0) is 6.42 Å². The molecule has 74 valence electrons. The second-order valence-corrected chi connectivity index (χ2v) is 2.93. The third-order valence-corrected chi connectivity index (χ3v) is 1.86. The van der Waals surface area contributed by atoms with E-state index < -0.39 is 0 Å². The van der Waals surface area contributed by atoms with Gasteiger partial charge in [0.25, 0.3) is 0 Å². The largest absolute Gasteiger partial charge is 0.369 e. The first kappa shape index (κ1) is 10.3. The number of anilines is 1. The molecule has 0 spiro atoms. The van der Waals surface area contributed by atoms with Gasteiger partial charge in [-0.25, -0.2) is 4.98 Å². The lowest BCUT2D eigenvalue weighted by atomic mass is 10.1. The van der Waals surface area contributed by atoms with E-state index in [1.54, 1.807) is 12.3 Å². The van der Waals surface area contributed by atoms with E-state index in [-0.39, 0.29) is 0 Å². The van der Waals surface area contributed by atoms with Gasteiger partial charge in [-0.2, -0.15) is 0 Å². The minimum atomic E-state index is 0.461. The number of nitrogens with one attached hydrogen (secondary N) is 1. The monoisotopic (exact) mass is 189 g/mol. The highest BCUT2D eigenvalue weighted by atomic mass is 15.0. The van der Waals surface area contributed by atoms with Crippen molar-refractivity contribution in [1.29, 1.82) is 0 Å². The molecule has 0 atom stereocenters. The first-order valence-electron chi connectivity index (χ1n) is 4.50. The van der Waals surface area contributed by atoms with Gasteiger partial charge in [0.05, 0.1) is 6.20 Å². The van der Waals surface area contributed by atoms with E-state index >= 15 is 0 Å². The number of imidazole rings is 1. The number of H-pyrrole nitrogens is 1. The molecular formula is C11H15N3. The number of nitrogens with zero attached hydrogens (tertiary/aromatic N) is 1. The summed E-state index contributed by atoms with van der Waals surface area (Å²) in [4.78, 5) is 6.92. The maximum absolute atomic E-state index is 5.48. The molecule has 0 aliphatic rings. The van der Waals surface area contributed by atoms with E-state index in [0.29, 0.717) is 5.95 Å². The Morgan fingerprint density at radius 1 is 1.71 bits per heavy atom. The van der Waals surface area contributed by atoms with Crippen molar-refractivity contribution in [1.82, 2.24) is 9.97 Å². The predicted octanol–water partition coefficient (Wildman–Crippen LogP) is 2.22. The third-order valence-electron chi connectivity index (χ3n) is 1.86. The summed E-state index contributed by atoms with van der Waals surface area (Å²) in [5.74, 6) is 0.461. The summed E-state index contributed by atoms with van der Waals surface area (Å²) in [6.07, 6.45) is 10.3. The molecule has 0 saturated heterocycles. The van der Waals surface area contributed by atoms with Gasteiger partial charge in [-0.15, -0.1) is 0 Å². The Morgan fingerprint density at radius 3 is 3.00 bits per heavy atom. The molecule has 14 heavy (non-hydrogen) atoms. The van der Waals surface area contributed by atoms with Crippen LogP contribution in [0.15, 0.2) is 42.7 Å². The van der Waals surface area contributed by atoms with Crippen molar-refractivity contribution < 1.29 is 0 Å². The number of allylic oxidation sites excluding steroid dienone is 5. The maximum Gasteiger partial charge on any atom is 0.197 e. The molecule has 0 amide bonds. The van der Waals surface area contributed by atoms with Crippen LogP contribution in [0.3, 0.4) is 0 Å². The number of aromatic nitrogens is 2. The fraction of sp³-hybridized carbons (Fsp3) is 0.182. The van der Waals surface area contributed by atoms with E-state index in [9.17, 15) is 0 Å². The van der Waals surface area contributed by atoms with Gasteiger partial charge in [-0.3, -0.25) is 0 Å². The summed E-state index contributed by atoms with van der Waals surface area (Å²) in [6, 6.07) is 0. The van der Waals surface area contributed by atoms with Crippen LogP contribution < -0.4 is 5.73 Å². The van der Waals surface area contributed by atoms with Crippen molar-refractivity contribution in [3.63, 3.8) is 0 Å². The summed E-state index contributed by atoms with van der Waals surface area (Å²) < 4.78 is 0. The summed E-state index contributed by atoms with van der Waals surface area (Å²) in [6.45, 7) is 5.63. The van der Waals surface area contributed by atoms with Gasteiger partial charge in [0.2, 0.25) is 0 Å². The number of aromatic amines is 1. The average molecular weight is 189 g/mol. The Labute approximate surface area is 84.1 Å². The fourth-order valence-corrected chi connectivity index (χ4v) is 1.14. The van der Waals surface area contributed by atoms with E-state index in [2.05, 4.69) is 22.6 Å². The fourth-order valence-electron chi connectivity index (χ4n) is 1.14. The van der Waals surface area contributed by atoms with Gasteiger partial charge in [0.1, 0.15) is 0 Å². The first-order valence-corrected chi connectivity index (χ1v) is 4.50. The van der Waals surface area contributed by atoms with Crippen molar-refractivity contribution in [2.45, 2.75) is 13.3 Å². The van der Waals surface area contributed by atoms with Crippen molar-refractivity contribution in [2.24, 2.45) is 0 Å². The van der Waals surface area contributed by atoms with Crippen LogP contribution >= 0.6 is 0 Å². The molecule has 1 rings (SSSR count). The standard InChI is InChI=1S/C11H15N3/c1-3-5-6-9(4-2)7-10-8-13-11(12)14-10/h3-6,8H,1,7H2,2H3,(H3,12,13,14)/b6-5-,9-4+. The Hall–Kier alpha value is -1.77. The molecule has 1 aromatic rings. The molecular weight excluding hydrogens is 174 g/mol. The maximum atomic E-state index is 5.48. The summed E-state index contributed by atoms with van der Waals surface area (Å²) in [5.41, 5.74) is 7.70. The van der Waals surface area contributed by atoms with Crippen molar-refractivity contribution in [3.8, 4) is 0 Å². The highest BCUT2D eigenvalue weighted by Crippen LogP contribution is 2.08. The molecule has 0 aliphatic heterocycles. The molecule has 0 aromatic carbocycles. The zero-order valence-electron chi connectivity index (χ0n) is 8.33. The molecule has 0 saturated carbocycles. The number of nitrogen functional groups attached to an aromatic ring is 1. The molecule has 0 fully saturated rings. The SMILES string of the molecule is C=C/C=C\C(=C/C)Cc1cnc(N)[nH]1. The second-order valence-electron chi connectivity index (χ2n) is 2.93.